The van der Waals surface area contributed by atoms with Gasteiger partial charge in [-0.25, -0.2) is 22.0 Å². The lowest BCUT2D eigenvalue weighted by Gasteiger charge is -2.14. The number of nitrogens with zero attached hydrogens (tertiary/aromatic N) is 1. The van der Waals surface area contributed by atoms with Gasteiger partial charge in [-0.05, 0) is 45.2 Å². The molecule has 2 aromatic rings. The van der Waals surface area contributed by atoms with Crippen molar-refractivity contribution in [2.45, 2.75) is 51.2 Å². The molecule has 1 heterocycles. The van der Waals surface area contributed by atoms with Crippen molar-refractivity contribution in [1.29, 1.82) is 0 Å². The Morgan fingerprint density at radius 2 is 1.90 bits per heavy atom. The van der Waals surface area contributed by atoms with Crippen LogP contribution in [-0.2, 0) is 14.8 Å². The summed E-state index contributed by atoms with van der Waals surface area (Å²) in [5.74, 6) is -2.19. The van der Waals surface area contributed by atoms with Crippen molar-refractivity contribution in [3.8, 4) is 0 Å². The van der Waals surface area contributed by atoms with Crippen molar-refractivity contribution >= 4 is 33.3 Å². The zero-order valence-electron chi connectivity index (χ0n) is 17.3. The summed E-state index contributed by atoms with van der Waals surface area (Å²) in [6.45, 7) is 3.70. The van der Waals surface area contributed by atoms with Gasteiger partial charge in [-0.1, -0.05) is 0 Å². The van der Waals surface area contributed by atoms with Crippen LogP contribution in [0.1, 0.15) is 44.7 Å². The molecule has 0 unspecified atom stereocenters. The number of hydrogen-bond acceptors (Lipinski definition) is 6. The number of ether oxygens (including phenoxy) is 1. The van der Waals surface area contributed by atoms with E-state index in [1.54, 1.807) is 6.07 Å². The summed E-state index contributed by atoms with van der Waals surface area (Å²) in [6, 6.07) is 4.01. The molecule has 1 amide bonds. The van der Waals surface area contributed by atoms with Crippen LogP contribution in [-0.4, -0.2) is 43.1 Å². The second-order valence-corrected chi connectivity index (χ2v) is 9.58. The fraction of sp³-hybridized carbons (Fsp3) is 0.474. The minimum atomic E-state index is -3.74. The zero-order chi connectivity index (χ0) is 22.8. The second-order valence-electron chi connectivity index (χ2n) is 7.83. The van der Waals surface area contributed by atoms with Gasteiger partial charge in [0.25, 0.3) is 0 Å². The molecule has 1 aliphatic rings. The SMILES string of the molecule is CC(C)NC(=O)O[C@@H]1CC[C@H](c2cc(Nc3ccc(NS(C)(=O)=O)c(F)c3F)n[nH]2)C1. The molecule has 0 aliphatic heterocycles. The third kappa shape index (κ3) is 6.06. The molecular weight excluding hydrogens is 432 g/mol. The first-order valence-electron chi connectivity index (χ1n) is 9.77. The molecule has 1 aromatic heterocycles. The van der Waals surface area contributed by atoms with Crippen molar-refractivity contribution in [3.05, 3.63) is 35.5 Å². The molecule has 0 spiro atoms. The van der Waals surface area contributed by atoms with Gasteiger partial charge in [0.15, 0.2) is 17.5 Å². The predicted octanol–water partition coefficient (Wildman–Crippen LogP) is 3.57. The summed E-state index contributed by atoms with van der Waals surface area (Å²) in [4.78, 5) is 11.8. The molecular formula is C19H25F2N5O4S. The summed E-state index contributed by atoms with van der Waals surface area (Å²) in [6.07, 6.45) is 2.32. The van der Waals surface area contributed by atoms with E-state index in [1.807, 2.05) is 18.6 Å². The number of alkyl carbamates (subject to hydrolysis) is 1. The normalized spacial score (nSPS) is 18.8. The molecule has 31 heavy (non-hydrogen) atoms. The highest BCUT2D eigenvalue weighted by Gasteiger charge is 2.30. The van der Waals surface area contributed by atoms with E-state index in [-0.39, 0.29) is 29.6 Å². The van der Waals surface area contributed by atoms with Crippen molar-refractivity contribution in [2.75, 3.05) is 16.3 Å². The summed E-state index contributed by atoms with van der Waals surface area (Å²) in [5, 5.41) is 12.3. The molecule has 1 aliphatic carbocycles. The van der Waals surface area contributed by atoms with E-state index in [0.717, 1.165) is 24.4 Å². The first-order valence-corrected chi connectivity index (χ1v) is 11.7. The van der Waals surface area contributed by atoms with Gasteiger partial charge >= 0.3 is 6.09 Å². The highest BCUT2D eigenvalue weighted by molar-refractivity contribution is 7.92. The molecule has 1 saturated carbocycles. The maximum Gasteiger partial charge on any atom is 0.407 e. The maximum atomic E-state index is 14.3. The number of H-pyrrole nitrogens is 1. The van der Waals surface area contributed by atoms with Gasteiger partial charge in [0.05, 0.1) is 17.6 Å². The number of carbonyl (C=O) groups is 1. The van der Waals surface area contributed by atoms with E-state index in [1.165, 1.54) is 6.07 Å². The molecule has 1 fully saturated rings. The fourth-order valence-corrected chi connectivity index (χ4v) is 3.98. The standard InChI is InChI=1S/C19H25F2N5O4S/c1-10(2)22-19(27)30-12-5-4-11(8-12)15-9-16(25-24-15)23-13-6-7-14(18(21)17(13)20)26-31(3,28)29/h6-7,9-12,26H,4-5,8H2,1-3H3,(H,22,27)(H2,23,24,25)/t11-,12+/m0/s1. The van der Waals surface area contributed by atoms with Crippen LogP contribution in [0, 0.1) is 11.6 Å². The van der Waals surface area contributed by atoms with Crippen LogP contribution in [0.25, 0.3) is 0 Å². The predicted molar refractivity (Wildman–Crippen MR) is 112 cm³/mol. The molecule has 0 radical (unpaired) electrons. The van der Waals surface area contributed by atoms with E-state index < -0.39 is 33.4 Å². The Hall–Kier alpha value is -2.89. The smallest absolute Gasteiger partial charge is 0.407 e. The third-order valence-corrected chi connectivity index (χ3v) is 5.33. The largest absolute Gasteiger partial charge is 0.446 e. The molecule has 1 aromatic carbocycles. The molecule has 0 bridgehead atoms. The first kappa shape index (κ1) is 22.8. The Kier molecular flexibility index (Phi) is 6.68. The number of halogens is 2. The van der Waals surface area contributed by atoms with Crippen LogP contribution in [0.4, 0.5) is 30.8 Å². The highest BCUT2D eigenvalue weighted by atomic mass is 32.2. The number of aromatic amines is 1. The first-order chi connectivity index (χ1) is 14.5. The highest BCUT2D eigenvalue weighted by Crippen LogP contribution is 2.36. The molecule has 2 atom stereocenters. The Morgan fingerprint density at radius 1 is 1.23 bits per heavy atom. The van der Waals surface area contributed by atoms with Crippen LogP contribution >= 0.6 is 0 Å². The van der Waals surface area contributed by atoms with Gasteiger partial charge < -0.3 is 15.4 Å². The molecule has 170 valence electrons. The molecule has 12 heteroatoms. The lowest BCUT2D eigenvalue weighted by molar-refractivity contribution is 0.0981. The van der Waals surface area contributed by atoms with Gasteiger partial charge in [-0.2, -0.15) is 5.10 Å². The van der Waals surface area contributed by atoms with E-state index in [4.69, 9.17) is 4.74 Å². The zero-order valence-corrected chi connectivity index (χ0v) is 18.1. The Bertz CT molecular complexity index is 1060. The monoisotopic (exact) mass is 457 g/mol. The number of amides is 1. The lowest BCUT2D eigenvalue weighted by atomic mass is 10.0. The number of hydrogen-bond donors (Lipinski definition) is 4. The van der Waals surface area contributed by atoms with E-state index in [2.05, 4.69) is 20.8 Å². The quantitative estimate of drug-likeness (QED) is 0.504. The minimum Gasteiger partial charge on any atom is -0.446 e. The Balaban J connectivity index is 1.63. The van der Waals surface area contributed by atoms with Crippen LogP contribution in [0.2, 0.25) is 0 Å². The number of aromatic nitrogens is 2. The summed E-state index contributed by atoms with van der Waals surface area (Å²) in [5.41, 5.74) is 0.119. The van der Waals surface area contributed by atoms with Gasteiger partial charge in [0.1, 0.15) is 6.10 Å². The molecule has 4 N–H and O–H groups in total. The number of anilines is 3. The average Bonchev–Trinajstić information content (AvgIpc) is 3.29. The van der Waals surface area contributed by atoms with Gasteiger partial charge in [-0.3, -0.25) is 9.82 Å². The Labute approximate surface area is 179 Å². The van der Waals surface area contributed by atoms with E-state index >= 15 is 0 Å². The van der Waals surface area contributed by atoms with Crippen LogP contribution in [0.15, 0.2) is 18.2 Å². The minimum absolute atomic E-state index is 0.00704. The van der Waals surface area contributed by atoms with Crippen LogP contribution in [0.5, 0.6) is 0 Å². The number of benzene rings is 1. The molecule has 0 saturated heterocycles. The number of rotatable bonds is 7. The van der Waals surface area contributed by atoms with Gasteiger partial charge in [0, 0.05) is 23.7 Å². The van der Waals surface area contributed by atoms with Crippen molar-refractivity contribution in [1.82, 2.24) is 15.5 Å². The van der Waals surface area contributed by atoms with Gasteiger partial charge in [-0.15, -0.1) is 0 Å². The number of nitrogens with one attached hydrogen (secondary N) is 4. The van der Waals surface area contributed by atoms with Crippen molar-refractivity contribution < 1.29 is 26.7 Å². The van der Waals surface area contributed by atoms with Crippen molar-refractivity contribution in [2.24, 2.45) is 0 Å². The Morgan fingerprint density at radius 3 is 2.58 bits per heavy atom. The van der Waals surface area contributed by atoms with E-state index in [9.17, 15) is 22.0 Å². The second kappa shape index (κ2) is 9.08. The maximum absolute atomic E-state index is 14.3. The summed E-state index contributed by atoms with van der Waals surface area (Å²) >= 11 is 0. The summed E-state index contributed by atoms with van der Waals surface area (Å²) in [7, 11) is -3.74. The van der Waals surface area contributed by atoms with Gasteiger partial charge in [0.2, 0.25) is 10.0 Å². The summed E-state index contributed by atoms with van der Waals surface area (Å²) < 4.78 is 58.3. The average molecular weight is 458 g/mol. The number of sulfonamides is 1. The number of carbonyl (C=O) groups excluding carboxylic acids is 1. The fourth-order valence-electron chi connectivity index (χ4n) is 3.42. The topological polar surface area (TPSA) is 125 Å². The molecule has 9 nitrogen and oxygen atoms in total. The van der Waals surface area contributed by atoms with Crippen LogP contribution < -0.4 is 15.4 Å². The van der Waals surface area contributed by atoms with E-state index in [0.29, 0.717) is 12.8 Å². The lowest BCUT2D eigenvalue weighted by Crippen LogP contribution is -2.33. The van der Waals surface area contributed by atoms with Crippen LogP contribution in [0.3, 0.4) is 0 Å². The van der Waals surface area contributed by atoms with Crippen molar-refractivity contribution in [3.63, 3.8) is 0 Å². The third-order valence-electron chi connectivity index (χ3n) is 4.74. The molecule has 3 rings (SSSR count).